The molecule has 7 nitrogen and oxygen atoms in total. The minimum Gasteiger partial charge on any atom is -0.361 e. The van der Waals surface area contributed by atoms with E-state index in [1.165, 1.54) is 31.1 Å². The molecule has 30 heavy (non-hydrogen) atoms. The summed E-state index contributed by atoms with van der Waals surface area (Å²) in [6.07, 6.45) is 9.85. The Morgan fingerprint density at radius 2 is 2.00 bits per heavy atom. The van der Waals surface area contributed by atoms with Crippen molar-refractivity contribution in [2.75, 3.05) is 4.90 Å². The first-order valence-corrected chi connectivity index (χ1v) is 10.9. The SMILES string of the molecule is CC[C@@H]1c2nnc(C)n2-c2cnc(-c3cccc4cc[nH]c34)nc2N1C1CCCC1. The fraction of sp³-hybridized carbons (Fsp3) is 0.391. The molecule has 2 aliphatic rings. The number of nitrogens with zero attached hydrogens (tertiary/aromatic N) is 6. The quantitative estimate of drug-likeness (QED) is 0.539. The fourth-order valence-corrected chi connectivity index (χ4v) is 5.27. The van der Waals surface area contributed by atoms with E-state index in [2.05, 4.69) is 55.8 Å². The highest BCUT2D eigenvalue weighted by Crippen LogP contribution is 2.43. The number of fused-ring (bicyclic) bond motifs is 4. The van der Waals surface area contributed by atoms with Crippen LogP contribution in [0.25, 0.3) is 28.0 Å². The van der Waals surface area contributed by atoms with E-state index in [4.69, 9.17) is 9.97 Å². The van der Waals surface area contributed by atoms with Gasteiger partial charge in [0.25, 0.3) is 0 Å². The molecule has 0 unspecified atom stereocenters. The predicted octanol–water partition coefficient (Wildman–Crippen LogP) is 4.73. The van der Waals surface area contributed by atoms with Gasteiger partial charge < -0.3 is 9.88 Å². The molecule has 6 rings (SSSR count). The van der Waals surface area contributed by atoms with Crippen LogP contribution in [0.2, 0.25) is 0 Å². The smallest absolute Gasteiger partial charge is 0.163 e. The van der Waals surface area contributed by atoms with Crippen LogP contribution in [-0.4, -0.2) is 35.8 Å². The molecule has 7 heteroatoms. The number of hydrogen-bond acceptors (Lipinski definition) is 5. The first kappa shape index (κ1) is 17.6. The van der Waals surface area contributed by atoms with E-state index in [9.17, 15) is 0 Å². The highest BCUT2D eigenvalue weighted by atomic mass is 15.4. The van der Waals surface area contributed by atoms with Crippen molar-refractivity contribution in [3.63, 3.8) is 0 Å². The Morgan fingerprint density at radius 1 is 1.13 bits per heavy atom. The van der Waals surface area contributed by atoms with Crippen LogP contribution in [0.5, 0.6) is 0 Å². The standard InChI is InChI=1S/C23H25N7/c1-3-18-23-28-27-14(2)29(23)19-13-25-21(17-10-6-7-15-11-12-24-20(15)17)26-22(19)30(18)16-8-4-5-9-16/h6-7,10-13,16,18,24H,3-5,8-9H2,1-2H3/t18-/m1/s1. The molecular weight excluding hydrogens is 374 g/mol. The number of aromatic amines is 1. The maximum atomic E-state index is 5.18. The van der Waals surface area contributed by atoms with Gasteiger partial charge in [-0.15, -0.1) is 10.2 Å². The topological polar surface area (TPSA) is 75.5 Å². The zero-order valence-corrected chi connectivity index (χ0v) is 17.3. The van der Waals surface area contributed by atoms with Crippen molar-refractivity contribution in [1.82, 2.24) is 29.7 Å². The van der Waals surface area contributed by atoms with Gasteiger partial charge in [0.2, 0.25) is 0 Å². The van der Waals surface area contributed by atoms with Crippen molar-refractivity contribution >= 4 is 16.7 Å². The minimum atomic E-state index is 0.186. The Morgan fingerprint density at radius 3 is 2.83 bits per heavy atom. The van der Waals surface area contributed by atoms with Crippen LogP contribution in [0, 0.1) is 6.92 Å². The van der Waals surface area contributed by atoms with Crippen molar-refractivity contribution in [3.8, 4) is 17.1 Å². The molecule has 3 aromatic heterocycles. The van der Waals surface area contributed by atoms with Gasteiger partial charge in [-0.2, -0.15) is 0 Å². The monoisotopic (exact) mass is 399 g/mol. The van der Waals surface area contributed by atoms with Gasteiger partial charge in [0.15, 0.2) is 17.5 Å². The third-order valence-corrected chi connectivity index (χ3v) is 6.65. The number of para-hydroxylation sites is 1. The number of anilines is 1. The van der Waals surface area contributed by atoms with Crippen LogP contribution < -0.4 is 4.90 Å². The van der Waals surface area contributed by atoms with E-state index < -0.39 is 0 Å². The molecule has 0 bridgehead atoms. The predicted molar refractivity (Wildman–Crippen MR) is 117 cm³/mol. The molecule has 1 aliphatic heterocycles. The average Bonchev–Trinajstić information content (AvgIpc) is 3.53. The molecule has 0 radical (unpaired) electrons. The van der Waals surface area contributed by atoms with E-state index in [1.807, 2.05) is 19.3 Å². The van der Waals surface area contributed by atoms with Crippen LogP contribution in [0.15, 0.2) is 36.7 Å². The maximum Gasteiger partial charge on any atom is 0.163 e. The molecule has 0 amide bonds. The van der Waals surface area contributed by atoms with Crippen LogP contribution in [0.4, 0.5) is 5.82 Å². The summed E-state index contributed by atoms with van der Waals surface area (Å²) in [4.78, 5) is 15.8. The highest BCUT2D eigenvalue weighted by molar-refractivity contribution is 5.92. The molecule has 4 heterocycles. The van der Waals surface area contributed by atoms with Gasteiger partial charge >= 0.3 is 0 Å². The van der Waals surface area contributed by atoms with Gasteiger partial charge in [0.05, 0.1) is 17.8 Å². The zero-order chi connectivity index (χ0) is 20.2. The van der Waals surface area contributed by atoms with E-state index in [1.54, 1.807) is 0 Å². The van der Waals surface area contributed by atoms with Gasteiger partial charge in [-0.3, -0.25) is 4.57 Å². The van der Waals surface area contributed by atoms with E-state index in [-0.39, 0.29) is 6.04 Å². The second kappa shape index (κ2) is 6.65. The average molecular weight is 400 g/mol. The summed E-state index contributed by atoms with van der Waals surface area (Å²) in [5.41, 5.74) is 3.10. The fourth-order valence-electron chi connectivity index (χ4n) is 5.27. The summed E-state index contributed by atoms with van der Waals surface area (Å²) in [6.45, 7) is 4.24. The second-order valence-electron chi connectivity index (χ2n) is 8.36. The molecule has 1 saturated carbocycles. The van der Waals surface area contributed by atoms with E-state index in [0.29, 0.717) is 6.04 Å². The number of aryl methyl sites for hydroxylation is 1. The summed E-state index contributed by atoms with van der Waals surface area (Å²) in [7, 11) is 0. The number of benzene rings is 1. The van der Waals surface area contributed by atoms with Crippen molar-refractivity contribution in [1.29, 1.82) is 0 Å². The van der Waals surface area contributed by atoms with Crippen molar-refractivity contribution in [3.05, 3.63) is 48.3 Å². The number of nitrogens with one attached hydrogen (secondary N) is 1. The van der Waals surface area contributed by atoms with Crippen LogP contribution in [0.1, 0.15) is 56.7 Å². The number of H-pyrrole nitrogens is 1. The second-order valence-corrected chi connectivity index (χ2v) is 8.36. The Bertz CT molecular complexity index is 1230. The Labute approximate surface area is 175 Å². The van der Waals surface area contributed by atoms with Crippen LogP contribution >= 0.6 is 0 Å². The number of hydrogen-bond donors (Lipinski definition) is 1. The molecule has 152 valence electrons. The zero-order valence-electron chi connectivity index (χ0n) is 17.3. The molecular formula is C23H25N7. The number of aromatic nitrogens is 6. The summed E-state index contributed by atoms with van der Waals surface area (Å²) in [5.74, 6) is 3.67. The maximum absolute atomic E-state index is 5.18. The largest absolute Gasteiger partial charge is 0.361 e. The summed E-state index contributed by atoms with van der Waals surface area (Å²) in [6, 6.07) is 9.03. The van der Waals surface area contributed by atoms with Gasteiger partial charge in [-0.05, 0) is 38.3 Å². The molecule has 1 atom stereocenters. The van der Waals surface area contributed by atoms with Crippen LogP contribution in [-0.2, 0) is 0 Å². The molecule has 1 aliphatic carbocycles. The van der Waals surface area contributed by atoms with Gasteiger partial charge in [-0.25, -0.2) is 9.97 Å². The van der Waals surface area contributed by atoms with Crippen molar-refractivity contribution < 1.29 is 0 Å². The Hall–Kier alpha value is -3.22. The molecule has 0 saturated heterocycles. The summed E-state index contributed by atoms with van der Waals surface area (Å²) >= 11 is 0. The van der Waals surface area contributed by atoms with E-state index >= 15 is 0 Å². The van der Waals surface area contributed by atoms with Crippen LogP contribution in [0.3, 0.4) is 0 Å². The van der Waals surface area contributed by atoms with Crippen molar-refractivity contribution in [2.24, 2.45) is 0 Å². The lowest BCUT2D eigenvalue weighted by Gasteiger charge is -2.41. The third kappa shape index (κ3) is 2.44. The Balaban J connectivity index is 1.59. The van der Waals surface area contributed by atoms with E-state index in [0.717, 1.165) is 46.5 Å². The summed E-state index contributed by atoms with van der Waals surface area (Å²) in [5, 5.41) is 10.1. The lowest BCUT2D eigenvalue weighted by Crippen LogP contribution is -2.42. The summed E-state index contributed by atoms with van der Waals surface area (Å²) < 4.78 is 2.15. The third-order valence-electron chi connectivity index (χ3n) is 6.65. The Kier molecular flexibility index (Phi) is 3.91. The molecule has 1 fully saturated rings. The van der Waals surface area contributed by atoms with Gasteiger partial charge in [0.1, 0.15) is 11.5 Å². The molecule has 1 N–H and O–H groups in total. The first-order valence-electron chi connectivity index (χ1n) is 10.9. The molecule has 4 aromatic rings. The van der Waals surface area contributed by atoms with Crippen molar-refractivity contribution in [2.45, 2.75) is 58.0 Å². The highest BCUT2D eigenvalue weighted by Gasteiger charge is 2.39. The molecule has 0 spiro atoms. The first-order chi connectivity index (χ1) is 14.8. The lowest BCUT2D eigenvalue weighted by atomic mass is 10.0. The van der Waals surface area contributed by atoms with Gasteiger partial charge in [-0.1, -0.05) is 31.9 Å². The van der Waals surface area contributed by atoms with Gasteiger partial charge in [0, 0.05) is 23.2 Å². The minimum absolute atomic E-state index is 0.186. The molecule has 1 aromatic carbocycles. The normalized spacial score (nSPS) is 18.7. The number of rotatable bonds is 3. The lowest BCUT2D eigenvalue weighted by molar-refractivity contribution is 0.468.